The van der Waals surface area contributed by atoms with Crippen LogP contribution in [0.3, 0.4) is 0 Å². The Morgan fingerprint density at radius 1 is 1.15 bits per heavy atom. The Morgan fingerprint density at radius 3 is 2.78 bits per heavy atom. The van der Waals surface area contributed by atoms with E-state index in [4.69, 9.17) is 9.97 Å². The molecule has 0 radical (unpaired) electrons. The quantitative estimate of drug-likeness (QED) is 0.880. The molecule has 3 heterocycles. The van der Waals surface area contributed by atoms with E-state index in [1.807, 2.05) is 35.2 Å². The first-order valence-corrected chi connectivity index (χ1v) is 9.95. The normalized spacial score (nSPS) is 17.1. The number of fused-ring (bicyclic) bond motifs is 1. The standard InChI is InChI=1S/C21H27N5O/c1-2-3-11-25-12-13-26(15-19(25)27)21-17-9-10-22-14-18(17)23-20(24-21)16-7-5-4-6-8-16/h4-8,22H,2-3,9-15H2,1H3. The van der Waals surface area contributed by atoms with Crippen LogP contribution in [0, 0.1) is 0 Å². The summed E-state index contributed by atoms with van der Waals surface area (Å²) in [5, 5.41) is 3.40. The first kappa shape index (κ1) is 17.9. The lowest BCUT2D eigenvalue weighted by atomic mass is 10.1. The third-order valence-corrected chi connectivity index (χ3v) is 5.35. The predicted octanol–water partition coefficient (Wildman–Crippen LogP) is 2.24. The fourth-order valence-corrected chi connectivity index (χ4v) is 3.79. The zero-order chi connectivity index (χ0) is 18.6. The lowest BCUT2D eigenvalue weighted by molar-refractivity contribution is -0.131. The first-order valence-electron chi connectivity index (χ1n) is 9.95. The average Bonchev–Trinajstić information content (AvgIpc) is 2.72. The molecule has 1 amide bonds. The molecule has 6 nitrogen and oxygen atoms in total. The molecule has 4 rings (SSSR count). The van der Waals surface area contributed by atoms with Gasteiger partial charge in [0.15, 0.2) is 5.82 Å². The molecule has 1 aromatic heterocycles. The maximum atomic E-state index is 12.6. The Labute approximate surface area is 160 Å². The molecule has 1 aromatic carbocycles. The predicted molar refractivity (Wildman–Crippen MR) is 107 cm³/mol. The van der Waals surface area contributed by atoms with Gasteiger partial charge in [-0.3, -0.25) is 4.79 Å². The van der Waals surface area contributed by atoms with Gasteiger partial charge in [-0.15, -0.1) is 0 Å². The van der Waals surface area contributed by atoms with Gasteiger partial charge in [-0.2, -0.15) is 0 Å². The summed E-state index contributed by atoms with van der Waals surface area (Å²) in [5.41, 5.74) is 3.27. The molecule has 0 atom stereocenters. The number of hydrogen-bond acceptors (Lipinski definition) is 5. The number of anilines is 1. The van der Waals surface area contributed by atoms with Gasteiger partial charge in [0.05, 0.1) is 12.2 Å². The molecule has 6 heteroatoms. The number of nitrogens with one attached hydrogen (secondary N) is 1. The number of carbonyl (C=O) groups is 1. The fourth-order valence-electron chi connectivity index (χ4n) is 3.79. The van der Waals surface area contributed by atoms with Crippen molar-refractivity contribution >= 4 is 11.7 Å². The van der Waals surface area contributed by atoms with Crippen molar-refractivity contribution in [1.29, 1.82) is 0 Å². The van der Waals surface area contributed by atoms with E-state index < -0.39 is 0 Å². The molecule has 1 N–H and O–H groups in total. The highest BCUT2D eigenvalue weighted by atomic mass is 16.2. The number of benzene rings is 1. The number of nitrogens with zero attached hydrogens (tertiary/aromatic N) is 4. The SMILES string of the molecule is CCCCN1CCN(c2nc(-c3ccccc3)nc3c2CCNC3)CC1=O. The zero-order valence-electron chi connectivity index (χ0n) is 15.9. The molecule has 0 aliphatic carbocycles. The van der Waals surface area contributed by atoms with Crippen LogP contribution in [-0.4, -0.2) is 53.5 Å². The van der Waals surface area contributed by atoms with E-state index in [0.29, 0.717) is 6.54 Å². The van der Waals surface area contributed by atoms with E-state index in [0.717, 1.165) is 74.9 Å². The van der Waals surface area contributed by atoms with E-state index in [2.05, 4.69) is 17.1 Å². The van der Waals surface area contributed by atoms with Crippen LogP contribution in [-0.2, 0) is 17.8 Å². The molecule has 0 spiro atoms. The van der Waals surface area contributed by atoms with Gasteiger partial charge in [-0.1, -0.05) is 43.7 Å². The van der Waals surface area contributed by atoms with Crippen molar-refractivity contribution < 1.29 is 4.79 Å². The Hall–Kier alpha value is -2.47. The van der Waals surface area contributed by atoms with Gasteiger partial charge >= 0.3 is 0 Å². The molecular weight excluding hydrogens is 338 g/mol. The molecule has 0 bridgehead atoms. The second-order valence-electron chi connectivity index (χ2n) is 7.24. The second kappa shape index (κ2) is 8.05. The van der Waals surface area contributed by atoms with Gasteiger partial charge in [-0.25, -0.2) is 9.97 Å². The molecule has 0 saturated carbocycles. The molecule has 0 unspecified atom stereocenters. The number of rotatable bonds is 5. The first-order chi connectivity index (χ1) is 13.3. The lowest BCUT2D eigenvalue weighted by Crippen LogP contribution is -2.51. The molecular formula is C21H27N5O. The van der Waals surface area contributed by atoms with Crippen molar-refractivity contribution in [3.05, 3.63) is 41.6 Å². The monoisotopic (exact) mass is 365 g/mol. The third-order valence-electron chi connectivity index (χ3n) is 5.35. The Kier molecular flexibility index (Phi) is 5.34. The molecule has 1 saturated heterocycles. The van der Waals surface area contributed by atoms with Gasteiger partial charge in [0.1, 0.15) is 5.82 Å². The smallest absolute Gasteiger partial charge is 0.242 e. The van der Waals surface area contributed by atoms with Crippen molar-refractivity contribution in [2.75, 3.05) is 37.6 Å². The van der Waals surface area contributed by atoms with Gasteiger partial charge in [-0.05, 0) is 19.4 Å². The number of unbranched alkanes of at least 4 members (excludes halogenated alkanes) is 1. The summed E-state index contributed by atoms with van der Waals surface area (Å²) in [6, 6.07) is 10.1. The summed E-state index contributed by atoms with van der Waals surface area (Å²) >= 11 is 0. The minimum atomic E-state index is 0.206. The van der Waals surface area contributed by atoms with Crippen LogP contribution in [0.1, 0.15) is 31.0 Å². The van der Waals surface area contributed by atoms with E-state index >= 15 is 0 Å². The van der Waals surface area contributed by atoms with E-state index in [1.54, 1.807) is 0 Å². The molecule has 2 aliphatic rings. The number of aromatic nitrogens is 2. The summed E-state index contributed by atoms with van der Waals surface area (Å²) in [6.45, 7) is 6.73. The van der Waals surface area contributed by atoms with Crippen LogP contribution in [0.25, 0.3) is 11.4 Å². The van der Waals surface area contributed by atoms with Gasteiger partial charge in [0.2, 0.25) is 5.91 Å². The number of carbonyl (C=O) groups excluding carboxylic acids is 1. The zero-order valence-corrected chi connectivity index (χ0v) is 15.9. The minimum absolute atomic E-state index is 0.206. The highest BCUT2D eigenvalue weighted by molar-refractivity contribution is 5.83. The van der Waals surface area contributed by atoms with Crippen LogP contribution in [0.5, 0.6) is 0 Å². The van der Waals surface area contributed by atoms with Crippen molar-refractivity contribution in [2.45, 2.75) is 32.7 Å². The molecule has 27 heavy (non-hydrogen) atoms. The topological polar surface area (TPSA) is 61.4 Å². The molecule has 1 fully saturated rings. The largest absolute Gasteiger partial charge is 0.345 e. The Balaban J connectivity index is 1.65. The van der Waals surface area contributed by atoms with Crippen LogP contribution in [0.4, 0.5) is 5.82 Å². The average molecular weight is 365 g/mol. The maximum absolute atomic E-state index is 12.6. The van der Waals surface area contributed by atoms with Crippen LogP contribution < -0.4 is 10.2 Å². The summed E-state index contributed by atoms with van der Waals surface area (Å²) in [7, 11) is 0. The van der Waals surface area contributed by atoms with Crippen LogP contribution >= 0.6 is 0 Å². The summed E-state index contributed by atoms with van der Waals surface area (Å²) in [4.78, 5) is 26.5. The van der Waals surface area contributed by atoms with Crippen LogP contribution in [0.15, 0.2) is 30.3 Å². The van der Waals surface area contributed by atoms with Gasteiger partial charge in [0, 0.05) is 37.3 Å². The van der Waals surface area contributed by atoms with Crippen LogP contribution in [0.2, 0.25) is 0 Å². The van der Waals surface area contributed by atoms with E-state index in [9.17, 15) is 4.79 Å². The minimum Gasteiger partial charge on any atom is -0.345 e. The fraction of sp³-hybridized carbons (Fsp3) is 0.476. The van der Waals surface area contributed by atoms with Crippen molar-refractivity contribution in [3.63, 3.8) is 0 Å². The van der Waals surface area contributed by atoms with E-state index in [-0.39, 0.29) is 5.91 Å². The second-order valence-corrected chi connectivity index (χ2v) is 7.24. The van der Waals surface area contributed by atoms with Crippen molar-refractivity contribution in [1.82, 2.24) is 20.2 Å². The Morgan fingerprint density at radius 2 is 2.00 bits per heavy atom. The highest BCUT2D eigenvalue weighted by Gasteiger charge is 2.28. The third kappa shape index (κ3) is 3.81. The van der Waals surface area contributed by atoms with Gasteiger partial charge < -0.3 is 15.1 Å². The number of piperazine rings is 1. The summed E-state index contributed by atoms with van der Waals surface area (Å²) < 4.78 is 0. The number of hydrogen-bond donors (Lipinski definition) is 1. The van der Waals surface area contributed by atoms with Gasteiger partial charge in [0.25, 0.3) is 0 Å². The highest BCUT2D eigenvalue weighted by Crippen LogP contribution is 2.28. The van der Waals surface area contributed by atoms with Crippen molar-refractivity contribution in [2.24, 2.45) is 0 Å². The Bertz CT molecular complexity index is 808. The molecule has 142 valence electrons. The maximum Gasteiger partial charge on any atom is 0.242 e. The van der Waals surface area contributed by atoms with Crippen molar-refractivity contribution in [3.8, 4) is 11.4 Å². The molecule has 2 aliphatic heterocycles. The molecule has 2 aromatic rings. The van der Waals surface area contributed by atoms with E-state index in [1.165, 1.54) is 5.56 Å². The number of amides is 1. The summed E-state index contributed by atoms with van der Waals surface area (Å²) in [6.07, 6.45) is 3.09. The lowest BCUT2D eigenvalue weighted by Gasteiger charge is -2.36. The summed E-state index contributed by atoms with van der Waals surface area (Å²) in [5.74, 6) is 1.90.